The molecule has 0 aliphatic heterocycles. The van der Waals surface area contributed by atoms with Gasteiger partial charge in [-0.2, -0.15) is 0 Å². The van der Waals surface area contributed by atoms with Crippen LogP contribution in [0.3, 0.4) is 0 Å². The third kappa shape index (κ3) is 5.39. The monoisotopic (exact) mass is 340 g/mol. The second kappa shape index (κ2) is 9.12. The fourth-order valence-corrected chi connectivity index (χ4v) is 2.06. The summed E-state index contributed by atoms with van der Waals surface area (Å²) >= 11 is 0. The van der Waals surface area contributed by atoms with Crippen molar-refractivity contribution in [1.29, 1.82) is 0 Å². The van der Waals surface area contributed by atoms with Gasteiger partial charge in [-0.25, -0.2) is 4.79 Å². The number of carbonyl (C=O) groups excluding carboxylic acids is 2. The van der Waals surface area contributed by atoms with Crippen LogP contribution in [0.25, 0.3) is 0 Å². The molecular weight excluding hydrogens is 320 g/mol. The number of hydrogen-bond donors (Lipinski definition) is 2. The van der Waals surface area contributed by atoms with E-state index in [2.05, 4.69) is 21.9 Å². The van der Waals surface area contributed by atoms with Gasteiger partial charge in [-0.1, -0.05) is 24.8 Å². The number of hydrogen-bond acceptors (Lipinski definition) is 5. The van der Waals surface area contributed by atoms with E-state index in [1.165, 1.54) is 7.11 Å². The molecule has 0 saturated heterocycles. The Morgan fingerprint density at radius 1 is 1.12 bits per heavy atom. The first-order valence-electron chi connectivity index (χ1n) is 7.69. The number of anilines is 2. The maximum Gasteiger partial charge on any atom is 0.337 e. The number of rotatable bonds is 8. The third-order valence-corrected chi connectivity index (χ3v) is 3.28. The Labute approximate surface area is 146 Å². The summed E-state index contributed by atoms with van der Waals surface area (Å²) in [7, 11) is 1.33. The van der Waals surface area contributed by atoms with E-state index in [1.54, 1.807) is 42.5 Å². The molecule has 2 rings (SSSR count). The van der Waals surface area contributed by atoms with Gasteiger partial charge in [0.05, 0.1) is 24.9 Å². The molecule has 0 spiro atoms. The van der Waals surface area contributed by atoms with E-state index in [9.17, 15) is 9.59 Å². The van der Waals surface area contributed by atoms with Crippen LogP contribution in [0, 0.1) is 0 Å². The van der Waals surface area contributed by atoms with Crippen molar-refractivity contribution in [3.05, 3.63) is 66.7 Å². The fraction of sp³-hybridized carbons (Fsp3) is 0.158. The second-order valence-corrected chi connectivity index (χ2v) is 5.07. The lowest BCUT2D eigenvalue weighted by Crippen LogP contribution is -2.22. The lowest BCUT2D eigenvalue weighted by molar-refractivity contribution is -0.114. The molecule has 25 heavy (non-hydrogen) atoms. The Balaban J connectivity index is 1.90. The molecule has 0 radical (unpaired) electrons. The molecule has 0 saturated carbocycles. The van der Waals surface area contributed by atoms with Gasteiger partial charge in [0, 0.05) is 5.69 Å². The number of methoxy groups -OCH3 is 1. The van der Waals surface area contributed by atoms with Gasteiger partial charge >= 0.3 is 5.97 Å². The molecule has 0 aliphatic carbocycles. The van der Waals surface area contributed by atoms with E-state index in [0.29, 0.717) is 23.6 Å². The summed E-state index contributed by atoms with van der Waals surface area (Å²) in [5.41, 5.74) is 1.77. The highest BCUT2D eigenvalue weighted by atomic mass is 16.5. The van der Waals surface area contributed by atoms with Crippen molar-refractivity contribution in [3.63, 3.8) is 0 Å². The first-order valence-corrected chi connectivity index (χ1v) is 7.69. The van der Waals surface area contributed by atoms with Crippen molar-refractivity contribution in [2.45, 2.75) is 0 Å². The molecule has 130 valence electrons. The zero-order valence-corrected chi connectivity index (χ0v) is 14.0. The van der Waals surface area contributed by atoms with Crippen molar-refractivity contribution >= 4 is 23.3 Å². The second-order valence-electron chi connectivity index (χ2n) is 5.07. The maximum atomic E-state index is 12.1. The van der Waals surface area contributed by atoms with Crippen molar-refractivity contribution in [2.24, 2.45) is 0 Å². The molecule has 0 bridgehead atoms. The Morgan fingerprint density at radius 2 is 1.84 bits per heavy atom. The SMILES string of the molecule is C=CCOc1ccccc1NC(=O)CNc1ccc(C(=O)OC)cc1. The molecule has 0 aromatic heterocycles. The predicted octanol–water partition coefficient (Wildman–Crippen LogP) is 3.09. The topological polar surface area (TPSA) is 76.7 Å². The smallest absolute Gasteiger partial charge is 0.337 e. The van der Waals surface area contributed by atoms with Crippen LogP contribution in [-0.4, -0.2) is 32.1 Å². The highest BCUT2D eigenvalue weighted by molar-refractivity contribution is 5.95. The van der Waals surface area contributed by atoms with Crippen molar-refractivity contribution in [1.82, 2.24) is 0 Å². The molecule has 2 aromatic rings. The fourth-order valence-electron chi connectivity index (χ4n) is 2.06. The molecule has 6 heteroatoms. The van der Waals surface area contributed by atoms with Gasteiger partial charge in [0.15, 0.2) is 0 Å². The van der Waals surface area contributed by atoms with Crippen LogP contribution in [0.2, 0.25) is 0 Å². The Bertz CT molecular complexity index is 741. The van der Waals surface area contributed by atoms with Crippen LogP contribution in [0.4, 0.5) is 11.4 Å². The number of benzene rings is 2. The molecule has 6 nitrogen and oxygen atoms in total. The minimum Gasteiger partial charge on any atom is -0.487 e. The molecule has 2 N–H and O–H groups in total. The number of para-hydroxylation sites is 2. The number of esters is 1. The van der Waals surface area contributed by atoms with Gasteiger partial charge in [0.2, 0.25) is 5.91 Å². The summed E-state index contributed by atoms with van der Waals surface area (Å²) in [6.07, 6.45) is 1.64. The molecular formula is C19H20N2O4. The lowest BCUT2D eigenvalue weighted by Gasteiger charge is -2.12. The summed E-state index contributed by atoms with van der Waals surface area (Å²) in [6.45, 7) is 4.04. The first kappa shape index (κ1) is 18.1. The molecule has 2 aromatic carbocycles. The van der Waals surface area contributed by atoms with Gasteiger partial charge in [-0.05, 0) is 36.4 Å². The number of nitrogens with one attached hydrogen (secondary N) is 2. The van der Waals surface area contributed by atoms with Crippen molar-refractivity contribution < 1.29 is 19.1 Å². The summed E-state index contributed by atoms with van der Waals surface area (Å²) in [5.74, 6) is -0.0368. The van der Waals surface area contributed by atoms with Gasteiger partial charge in [0.1, 0.15) is 12.4 Å². The van der Waals surface area contributed by atoms with Crippen LogP contribution < -0.4 is 15.4 Å². The third-order valence-electron chi connectivity index (χ3n) is 3.28. The van der Waals surface area contributed by atoms with E-state index >= 15 is 0 Å². The largest absolute Gasteiger partial charge is 0.487 e. The van der Waals surface area contributed by atoms with E-state index in [1.807, 2.05) is 12.1 Å². The van der Waals surface area contributed by atoms with Gasteiger partial charge in [-0.15, -0.1) is 0 Å². The minimum absolute atomic E-state index is 0.0767. The van der Waals surface area contributed by atoms with Crippen LogP contribution in [-0.2, 0) is 9.53 Å². The Morgan fingerprint density at radius 3 is 2.52 bits per heavy atom. The molecule has 0 heterocycles. The van der Waals surface area contributed by atoms with Gasteiger partial charge in [-0.3, -0.25) is 4.79 Å². The number of ether oxygens (including phenoxy) is 2. The lowest BCUT2D eigenvalue weighted by atomic mass is 10.2. The van der Waals surface area contributed by atoms with Crippen LogP contribution in [0.5, 0.6) is 5.75 Å². The maximum absolute atomic E-state index is 12.1. The summed E-state index contributed by atoms with van der Waals surface area (Å²) in [4.78, 5) is 23.5. The van der Waals surface area contributed by atoms with E-state index < -0.39 is 5.97 Å². The van der Waals surface area contributed by atoms with Crippen molar-refractivity contribution in [3.8, 4) is 5.75 Å². The first-order chi connectivity index (χ1) is 12.1. The minimum atomic E-state index is -0.402. The van der Waals surface area contributed by atoms with Gasteiger partial charge in [0.25, 0.3) is 0 Å². The average Bonchev–Trinajstić information content (AvgIpc) is 2.65. The van der Waals surface area contributed by atoms with Gasteiger partial charge < -0.3 is 20.1 Å². The van der Waals surface area contributed by atoms with E-state index in [0.717, 1.165) is 5.69 Å². The standard InChI is InChI=1S/C19H20N2O4/c1-3-12-25-17-7-5-4-6-16(17)21-18(22)13-20-15-10-8-14(9-11-15)19(23)24-2/h3-11,20H,1,12-13H2,2H3,(H,21,22). The normalized spacial score (nSPS) is 9.80. The number of carbonyl (C=O) groups is 2. The summed E-state index contributed by atoms with van der Waals surface area (Å²) in [6, 6.07) is 13.9. The predicted molar refractivity (Wildman–Crippen MR) is 97.0 cm³/mol. The molecule has 1 amide bonds. The highest BCUT2D eigenvalue weighted by Gasteiger charge is 2.08. The Kier molecular flexibility index (Phi) is 6.59. The van der Waals surface area contributed by atoms with Crippen molar-refractivity contribution in [2.75, 3.05) is 30.9 Å². The summed E-state index contributed by atoms with van der Waals surface area (Å²) < 4.78 is 10.1. The quantitative estimate of drug-likeness (QED) is 0.570. The zero-order chi connectivity index (χ0) is 18.1. The van der Waals surface area contributed by atoms with E-state index in [-0.39, 0.29) is 12.5 Å². The summed E-state index contributed by atoms with van der Waals surface area (Å²) in [5, 5.41) is 5.78. The van der Waals surface area contributed by atoms with Crippen LogP contribution in [0.1, 0.15) is 10.4 Å². The number of amides is 1. The average molecular weight is 340 g/mol. The molecule has 0 unspecified atom stereocenters. The zero-order valence-electron chi connectivity index (χ0n) is 14.0. The molecule has 0 fully saturated rings. The molecule has 0 aliphatic rings. The molecule has 0 atom stereocenters. The highest BCUT2D eigenvalue weighted by Crippen LogP contribution is 2.23. The van der Waals surface area contributed by atoms with Crippen LogP contribution in [0.15, 0.2) is 61.2 Å². The van der Waals surface area contributed by atoms with E-state index in [4.69, 9.17) is 4.74 Å². The van der Waals surface area contributed by atoms with Crippen LogP contribution >= 0.6 is 0 Å². The Hall–Kier alpha value is -3.28.